The van der Waals surface area contributed by atoms with E-state index in [9.17, 15) is 9.59 Å². The van der Waals surface area contributed by atoms with Crippen molar-refractivity contribution in [1.29, 1.82) is 0 Å². The number of amides is 1. The lowest BCUT2D eigenvalue weighted by atomic mass is 10.1. The Hall–Kier alpha value is -1.14. The maximum atomic E-state index is 11.3. The molecule has 0 saturated heterocycles. The van der Waals surface area contributed by atoms with Gasteiger partial charge in [0.2, 0.25) is 5.91 Å². The Labute approximate surface area is 95.4 Å². The zero-order valence-electron chi connectivity index (χ0n) is 10.0. The highest BCUT2D eigenvalue weighted by atomic mass is 16.5. The van der Waals surface area contributed by atoms with Gasteiger partial charge in [0.1, 0.15) is 5.54 Å². The Balaban J connectivity index is 3.69. The van der Waals surface area contributed by atoms with E-state index in [2.05, 4.69) is 10.6 Å². The third-order valence-corrected chi connectivity index (χ3v) is 2.07. The van der Waals surface area contributed by atoms with Crippen LogP contribution in [0.4, 0.5) is 0 Å². The summed E-state index contributed by atoms with van der Waals surface area (Å²) >= 11 is 0. The molecule has 0 fully saturated rings. The molecular formula is C10H20N2O4. The number of methoxy groups -OCH3 is 1. The molecule has 0 aliphatic heterocycles. The molecule has 0 radical (unpaired) electrons. The average Bonchev–Trinajstić information content (AvgIpc) is 2.21. The number of carboxylic acid groups (broad SMARTS) is 1. The fraction of sp³-hybridized carbons (Fsp3) is 0.800. The summed E-state index contributed by atoms with van der Waals surface area (Å²) in [6, 6.07) is 0. The second-order valence-electron chi connectivity index (χ2n) is 3.98. The summed E-state index contributed by atoms with van der Waals surface area (Å²) in [6.07, 6.45) is 0.741. The van der Waals surface area contributed by atoms with Gasteiger partial charge in [-0.25, -0.2) is 0 Å². The molecule has 3 N–H and O–H groups in total. The standard InChI is InChI=1S/C10H20N2O4/c1-10(2,9(14)15)12-7-8(13)11-5-4-6-16-3/h12H,4-7H2,1-3H3,(H,11,13)(H,14,15). The van der Waals surface area contributed by atoms with E-state index >= 15 is 0 Å². The van der Waals surface area contributed by atoms with Gasteiger partial charge in [-0.3, -0.25) is 14.9 Å². The Kier molecular flexibility index (Phi) is 6.67. The van der Waals surface area contributed by atoms with Gasteiger partial charge in [0.15, 0.2) is 0 Å². The quantitative estimate of drug-likeness (QED) is 0.495. The largest absolute Gasteiger partial charge is 0.480 e. The lowest BCUT2D eigenvalue weighted by molar-refractivity contribution is -0.143. The minimum Gasteiger partial charge on any atom is -0.480 e. The minimum absolute atomic E-state index is 0.00766. The molecule has 0 spiro atoms. The Morgan fingerprint density at radius 2 is 2.00 bits per heavy atom. The van der Waals surface area contributed by atoms with Gasteiger partial charge < -0.3 is 15.2 Å². The molecule has 6 heteroatoms. The molecule has 0 rings (SSSR count). The van der Waals surface area contributed by atoms with Gasteiger partial charge >= 0.3 is 5.97 Å². The highest BCUT2D eigenvalue weighted by molar-refractivity contribution is 5.81. The highest BCUT2D eigenvalue weighted by Crippen LogP contribution is 2.00. The van der Waals surface area contributed by atoms with Crippen LogP contribution in [-0.4, -0.2) is 49.3 Å². The van der Waals surface area contributed by atoms with E-state index in [-0.39, 0.29) is 12.5 Å². The van der Waals surface area contributed by atoms with E-state index in [0.717, 1.165) is 6.42 Å². The Morgan fingerprint density at radius 3 is 2.50 bits per heavy atom. The van der Waals surface area contributed by atoms with Crippen LogP contribution in [0.2, 0.25) is 0 Å². The summed E-state index contributed by atoms with van der Waals surface area (Å²) in [5, 5.41) is 14.1. The number of ether oxygens (including phenoxy) is 1. The number of carbonyl (C=O) groups is 2. The number of carboxylic acids is 1. The third kappa shape index (κ3) is 6.36. The van der Waals surface area contributed by atoms with Crippen molar-refractivity contribution in [3.8, 4) is 0 Å². The van der Waals surface area contributed by atoms with Crippen LogP contribution in [0, 0.1) is 0 Å². The van der Waals surface area contributed by atoms with E-state index in [4.69, 9.17) is 9.84 Å². The molecule has 0 aromatic heterocycles. The van der Waals surface area contributed by atoms with Crippen molar-refractivity contribution in [2.45, 2.75) is 25.8 Å². The number of carbonyl (C=O) groups excluding carboxylic acids is 1. The van der Waals surface area contributed by atoms with Gasteiger partial charge in [0.05, 0.1) is 6.54 Å². The Bertz CT molecular complexity index is 241. The zero-order valence-corrected chi connectivity index (χ0v) is 10.0. The van der Waals surface area contributed by atoms with E-state index in [1.165, 1.54) is 13.8 Å². The molecule has 0 saturated carbocycles. The van der Waals surface area contributed by atoms with Gasteiger partial charge in [-0.2, -0.15) is 0 Å². The SMILES string of the molecule is COCCCNC(=O)CNC(C)(C)C(=O)O. The van der Waals surface area contributed by atoms with Crippen LogP contribution in [0.3, 0.4) is 0 Å². The lowest BCUT2D eigenvalue weighted by Gasteiger charge is -2.20. The molecule has 0 atom stereocenters. The number of aliphatic carboxylic acids is 1. The van der Waals surface area contributed by atoms with Crippen LogP contribution in [0.5, 0.6) is 0 Å². The normalized spacial score (nSPS) is 11.2. The topological polar surface area (TPSA) is 87.7 Å². The smallest absolute Gasteiger partial charge is 0.323 e. The van der Waals surface area contributed by atoms with Crippen LogP contribution < -0.4 is 10.6 Å². The average molecular weight is 232 g/mol. The van der Waals surface area contributed by atoms with Crippen LogP contribution in [0.1, 0.15) is 20.3 Å². The predicted molar refractivity (Wildman–Crippen MR) is 59.2 cm³/mol. The molecule has 6 nitrogen and oxygen atoms in total. The first-order chi connectivity index (χ1) is 7.40. The van der Waals surface area contributed by atoms with Crippen LogP contribution in [0.15, 0.2) is 0 Å². The van der Waals surface area contributed by atoms with Crippen molar-refractivity contribution >= 4 is 11.9 Å². The maximum absolute atomic E-state index is 11.3. The van der Waals surface area contributed by atoms with Crippen LogP contribution in [-0.2, 0) is 14.3 Å². The van der Waals surface area contributed by atoms with Gasteiger partial charge in [0, 0.05) is 20.3 Å². The van der Waals surface area contributed by atoms with Gasteiger partial charge in [-0.1, -0.05) is 0 Å². The molecule has 0 aliphatic rings. The van der Waals surface area contributed by atoms with Crippen LogP contribution >= 0.6 is 0 Å². The maximum Gasteiger partial charge on any atom is 0.323 e. The van der Waals surface area contributed by atoms with Crippen molar-refractivity contribution in [2.24, 2.45) is 0 Å². The summed E-state index contributed by atoms with van der Waals surface area (Å²) in [4.78, 5) is 22.0. The van der Waals surface area contributed by atoms with Gasteiger partial charge in [-0.15, -0.1) is 0 Å². The number of rotatable bonds is 8. The fourth-order valence-electron chi connectivity index (χ4n) is 0.884. The molecule has 0 bridgehead atoms. The summed E-state index contributed by atoms with van der Waals surface area (Å²) in [7, 11) is 1.60. The van der Waals surface area contributed by atoms with E-state index in [1.54, 1.807) is 7.11 Å². The first kappa shape index (κ1) is 14.9. The molecule has 0 unspecified atom stereocenters. The first-order valence-electron chi connectivity index (χ1n) is 5.14. The molecule has 0 aromatic carbocycles. The molecule has 94 valence electrons. The molecule has 0 heterocycles. The first-order valence-corrected chi connectivity index (χ1v) is 5.14. The van der Waals surface area contributed by atoms with Crippen molar-refractivity contribution in [3.05, 3.63) is 0 Å². The Morgan fingerprint density at radius 1 is 1.38 bits per heavy atom. The van der Waals surface area contributed by atoms with E-state index in [1.807, 2.05) is 0 Å². The molecule has 0 aromatic rings. The molecule has 0 aliphatic carbocycles. The summed E-state index contributed by atoms with van der Waals surface area (Å²) in [5.74, 6) is -1.20. The number of hydrogen-bond donors (Lipinski definition) is 3. The number of hydrogen-bond acceptors (Lipinski definition) is 4. The zero-order chi connectivity index (χ0) is 12.6. The monoisotopic (exact) mass is 232 g/mol. The highest BCUT2D eigenvalue weighted by Gasteiger charge is 2.26. The fourth-order valence-corrected chi connectivity index (χ4v) is 0.884. The summed E-state index contributed by atoms with van der Waals surface area (Å²) < 4.78 is 4.82. The van der Waals surface area contributed by atoms with E-state index in [0.29, 0.717) is 13.2 Å². The summed E-state index contributed by atoms with van der Waals surface area (Å²) in [5.41, 5.74) is -1.09. The van der Waals surface area contributed by atoms with Crippen molar-refractivity contribution in [1.82, 2.24) is 10.6 Å². The second-order valence-corrected chi connectivity index (χ2v) is 3.98. The van der Waals surface area contributed by atoms with Gasteiger partial charge in [0.25, 0.3) is 0 Å². The third-order valence-electron chi connectivity index (χ3n) is 2.07. The van der Waals surface area contributed by atoms with Gasteiger partial charge in [-0.05, 0) is 20.3 Å². The van der Waals surface area contributed by atoms with Crippen molar-refractivity contribution in [2.75, 3.05) is 26.8 Å². The van der Waals surface area contributed by atoms with Crippen LogP contribution in [0.25, 0.3) is 0 Å². The number of nitrogens with one attached hydrogen (secondary N) is 2. The molecular weight excluding hydrogens is 212 g/mol. The second kappa shape index (κ2) is 7.19. The minimum atomic E-state index is -1.09. The molecule has 16 heavy (non-hydrogen) atoms. The summed E-state index contributed by atoms with van der Waals surface area (Å²) in [6.45, 7) is 4.13. The van der Waals surface area contributed by atoms with Crippen molar-refractivity contribution in [3.63, 3.8) is 0 Å². The van der Waals surface area contributed by atoms with E-state index < -0.39 is 11.5 Å². The molecule has 1 amide bonds. The van der Waals surface area contributed by atoms with Crippen molar-refractivity contribution < 1.29 is 19.4 Å². The predicted octanol–water partition coefficient (Wildman–Crippen LogP) is -0.408. The lowest BCUT2D eigenvalue weighted by Crippen LogP contribution is -2.50.